The van der Waals surface area contributed by atoms with Gasteiger partial charge in [0.1, 0.15) is 11.3 Å². The van der Waals surface area contributed by atoms with E-state index in [2.05, 4.69) is 5.10 Å². The fourth-order valence-electron chi connectivity index (χ4n) is 3.13. The number of carbonyl (C=O) groups is 1. The van der Waals surface area contributed by atoms with Crippen molar-refractivity contribution in [1.82, 2.24) is 14.7 Å². The second-order valence-corrected chi connectivity index (χ2v) is 7.03. The van der Waals surface area contributed by atoms with Gasteiger partial charge < -0.3 is 14.1 Å². The third-order valence-electron chi connectivity index (χ3n) is 4.60. The zero-order valence-corrected chi connectivity index (χ0v) is 16.6. The minimum absolute atomic E-state index is 0.0260. The van der Waals surface area contributed by atoms with Crippen molar-refractivity contribution in [3.63, 3.8) is 0 Å². The lowest BCUT2D eigenvalue weighted by molar-refractivity contribution is -0.135. The van der Waals surface area contributed by atoms with Gasteiger partial charge in [0.2, 0.25) is 0 Å². The van der Waals surface area contributed by atoms with Crippen molar-refractivity contribution < 1.29 is 13.9 Å². The third-order valence-corrected chi connectivity index (χ3v) is 4.60. The molecule has 28 heavy (non-hydrogen) atoms. The molecule has 1 aromatic carbocycles. The van der Waals surface area contributed by atoms with E-state index in [1.54, 1.807) is 27.9 Å². The molecule has 0 radical (unpaired) electrons. The number of benzene rings is 1. The summed E-state index contributed by atoms with van der Waals surface area (Å²) in [6.07, 6.45) is 4.37. The standard InChI is InChI=1S/C21H25N3O4/c1-5-16-8-21(26)28-19-9-17(6-7-18(16)19)27-13-20(25)24(14(2)3)12-15-10-22-23(4)11-15/h6-11,14H,5,12-13H2,1-4H3. The molecule has 2 aromatic heterocycles. The molecular formula is C21H25N3O4. The molecule has 148 valence electrons. The molecule has 1 amide bonds. The molecule has 0 aliphatic heterocycles. The van der Waals surface area contributed by atoms with Crippen molar-refractivity contribution >= 4 is 16.9 Å². The van der Waals surface area contributed by atoms with Crippen molar-refractivity contribution in [2.24, 2.45) is 7.05 Å². The predicted molar refractivity (Wildman–Crippen MR) is 106 cm³/mol. The first-order chi connectivity index (χ1) is 13.4. The maximum absolute atomic E-state index is 12.7. The maximum atomic E-state index is 12.7. The number of carbonyl (C=O) groups excluding carboxylic acids is 1. The minimum atomic E-state index is -0.389. The first-order valence-corrected chi connectivity index (χ1v) is 9.34. The molecule has 0 unspecified atom stereocenters. The van der Waals surface area contributed by atoms with E-state index in [0.717, 1.165) is 22.9 Å². The Balaban J connectivity index is 1.72. The minimum Gasteiger partial charge on any atom is -0.484 e. The summed E-state index contributed by atoms with van der Waals surface area (Å²) in [5.41, 5.74) is 1.96. The average Bonchev–Trinajstić information content (AvgIpc) is 3.07. The molecular weight excluding hydrogens is 358 g/mol. The Labute approximate surface area is 163 Å². The Hall–Kier alpha value is -3.09. The lowest BCUT2D eigenvalue weighted by atomic mass is 10.1. The molecule has 0 saturated carbocycles. The summed E-state index contributed by atoms with van der Waals surface area (Å²) < 4.78 is 12.7. The van der Waals surface area contributed by atoms with E-state index in [1.165, 1.54) is 6.07 Å². The summed E-state index contributed by atoms with van der Waals surface area (Å²) in [6.45, 7) is 6.29. The fourth-order valence-corrected chi connectivity index (χ4v) is 3.13. The molecule has 0 spiro atoms. The average molecular weight is 383 g/mol. The second kappa shape index (κ2) is 8.29. The van der Waals surface area contributed by atoms with E-state index in [0.29, 0.717) is 17.9 Å². The van der Waals surface area contributed by atoms with Crippen LogP contribution < -0.4 is 10.4 Å². The van der Waals surface area contributed by atoms with Crippen LogP contribution in [0, 0.1) is 0 Å². The van der Waals surface area contributed by atoms with Gasteiger partial charge in [-0.3, -0.25) is 9.48 Å². The molecule has 0 fully saturated rings. The molecule has 0 saturated heterocycles. The van der Waals surface area contributed by atoms with Crippen LogP contribution in [0.3, 0.4) is 0 Å². The van der Waals surface area contributed by atoms with Gasteiger partial charge in [-0.2, -0.15) is 5.10 Å². The van der Waals surface area contributed by atoms with Crippen LogP contribution >= 0.6 is 0 Å². The van der Waals surface area contributed by atoms with Gasteiger partial charge in [0.05, 0.1) is 6.20 Å². The smallest absolute Gasteiger partial charge is 0.336 e. The molecule has 0 atom stereocenters. The molecule has 0 aliphatic carbocycles. The normalized spacial score (nSPS) is 11.2. The van der Waals surface area contributed by atoms with Crippen LogP contribution in [0.2, 0.25) is 0 Å². The van der Waals surface area contributed by atoms with Crippen LogP contribution in [0.4, 0.5) is 0 Å². The lowest BCUT2D eigenvalue weighted by Gasteiger charge is -2.26. The van der Waals surface area contributed by atoms with E-state index >= 15 is 0 Å². The first kappa shape index (κ1) is 19.7. The number of nitrogens with zero attached hydrogens (tertiary/aromatic N) is 3. The summed E-state index contributed by atoms with van der Waals surface area (Å²) in [5, 5.41) is 5.02. The summed E-state index contributed by atoms with van der Waals surface area (Å²) in [4.78, 5) is 26.1. The Bertz CT molecular complexity index is 1040. The molecule has 0 bridgehead atoms. The monoisotopic (exact) mass is 383 g/mol. The Morgan fingerprint density at radius 2 is 2.11 bits per heavy atom. The maximum Gasteiger partial charge on any atom is 0.336 e. The molecule has 2 heterocycles. The van der Waals surface area contributed by atoms with Crippen LogP contribution in [0.5, 0.6) is 5.75 Å². The number of aromatic nitrogens is 2. The van der Waals surface area contributed by atoms with E-state index in [9.17, 15) is 9.59 Å². The van der Waals surface area contributed by atoms with Crippen LogP contribution in [0.15, 0.2) is 45.9 Å². The quantitative estimate of drug-likeness (QED) is 0.586. The number of hydrogen-bond donors (Lipinski definition) is 0. The topological polar surface area (TPSA) is 77.6 Å². The van der Waals surface area contributed by atoms with Gasteiger partial charge in [-0.25, -0.2) is 4.79 Å². The van der Waals surface area contributed by atoms with Crippen LogP contribution in [0.25, 0.3) is 11.0 Å². The van der Waals surface area contributed by atoms with Gasteiger partial charge in [-0.15, -0.1) is 0 Å². The van der Waals surface area contributed by atoms with E-state index in [-0.39, 0.29) is 24.2 Å². The lowest BCUT2D eigenvalue weighted by Crippen LogP contribution is -2.39. The number of hydrogen-bond acceptors (Lipinski definition) is 5. The number of amides is 1. The van der Waals surface area contributed by atoms with E-state index in [1.807, 2.05) is 40.1 Å². The van der Waals surface area contributed by atoms with Crippen molar-refractivity contribution in [2.45, 2.75) is 39.8 Å². The molecule has 3 aromatic rings. The van der Waals surface area contributed by atoms with Crippen LogP contribution in [0.1, 0.15) is 31.9 Å². The number of rotatable bonds is 7. The fraction of sp³-hybridized carbons (Fsp3) is 0.381. The highest BCUT2D eigenvalue weighted by atomic mass is 16.5. The zero-order valence-electron chi connectivity index (χ0n) is 16.6. The zero-order chi connectivity index (χ0) is 20.3. The van der Waals surface area contributed by atoms with E-state index in [4.69, 9.17) is 9.15 Å². The van der Waals surface area contributed by atoms with Gasteiger partial charge >= 0.3 is 5.63 Å². The summed E-state index contributed by atoms with van der Waals surface area (Å²) >= 11 is 0. The predicted octanol–water partition coefficient (Wildman–Crippen LogP) is 2.90. The molecule has 0 N–H and O–H groups in total. The van der Waals surface area contributed by atoms with E-state index < -0.39 is 0 Å². The van der Waals surface area contributed by atoms with Crippen molar-refractivity contribution in [3.05, 3.63) is 58.2 Å². The van der Waals surface area contributed by atoms with Crippen LogP contribution in [-0.4, -0.2) is 33.2 Å². The second-order valence-electron chi connectivity index (χ2n) is 7.03. The van der Waals surface area contributed by atoms with Gasteiger partial charge in [-0.05, 0) is 38.0 Å². The van der Waals surface area contributed by atoms with Crippen molar-refractivity contribution in [1.29, 1.82) is 0 Å². The number of aryl methyl sites for hydroxylation is 2. The Morgan fingerprint density at radius 3 is 2.75 bits per heavy atom. The third kappa shape index (κ3) is 4.42. The molecule has 7 nitrogen and oxygen atoms in total. The SMILES string of the molecule is CCc1cc(=O)oc2cc(OCC(=O)N(Cc3cnn(C)c3)C(C)C)ccc12. The van der Waals surface area contributed by atoms with Gasteiger partial charge in [0.15, 0.2) is 6.61 Å². The first-order valence-electron chi connectivity index (χ1n) is 9.34. The summed E-state index contributed by atoms with van der Waals surface area (Å²) in [6, 6.07) is 6.83. The summed E-state index contributed by atoms with van der Waals surface area (Å²) in [7, 11) is 1.84. The summed E-state index contributed by atoms with van der Waals surface area (Å²) in [5.74, 6) is 0.366. The number of ether oxygens (including phenoxy) is 1. The van der Waals surface area contributed by atoms with Crippen LogP contribution in [-0.2, 0) is 24.8 Å². The van der Waals surface area contributed by atoms with Gasteiger partial charge in [0, 0.05) is 48.9 Å². The van der Waals surface area contributed by atoms with Crippen molar-refractivity contribution in [2.75, 3.05) is 6.61 Å². The molecule has 0 aliphatic rings. The van der Waals surface area contributed by atoms with Gasteiger partial charge in [-0.1, -0.05) is 6.92 Å². The molecule has 7 heteroatoms. The highest BCUT2D eigenvalue weighted by Crippen LogP contribution is 2.23. The Kier molecular flexibility index (Phi) is 5.82. The highest BCUT2D eigenvalue weighted by Gasteiger charge is 2.19. The number of fused-ring (bicyclic) bond motifs is 1. The van der Waals surface area contributed by atoms with Crippen molar-refractivity contribution in [3.8, 4) is 5.75 Å². The molecule has 3 rings (SSSR count). The highest BCUT2D eigenvalue weighted by molar-refractivity contribution is 5.82. The Morgan fingerprint density at radius 1 is 1.32 bits per heavy atom. The van der Waals surface area contributed by atoms with Gasteiger partial charge in [0.25, 0.3) is 5.91 Å². The largest absolute Gasteiger partial charge is 0.484 e.